The Bertz CT molecular complexity index is 425. The normalized spacial score (nSPS) is 15.8. The third kappa shape index (κ3) is 2.18. The highest BCUT2D eigenvalue weighted by molar-refractivity contribution is 5.84. The Morgan fingerprint density at radius 3 is 2.81 bits per heavy atom. The van der Waals surface area contributed by atoms with Gasteiger partial charge in [0.15, 0.2) is 5.69 Å². The number of aromatic carboxylic acids is 1. The molecule has 1 aliphatic heterocycles. The van der Waals surface area contributed by atoms with Crippen LogP contribution in [0, 0.1) is 0 Å². The van der Waals surface area contributed by atoms with Crippen LogP contribution in [0.5, 0.6) is 0 Å². The van der Waals surface area contributed by atoms with E-state index < -0.39 is 5.97 Å². The van der Waals surface area contributed by atoms with E-state index in [1.54, 1.807) is 0 Å². The molecule has 0 radical (unpaired) electrons. The summed E-state index contributed by atoms with van der Waals surface area (Å²) in [5.41, 5.74) is 1.28. The molecule has 2 rings (SSSR count). The summed E-state index contributed by atoms with van der Waals surface area (Å²) in [7, 11) is 0. The summed E-state index contributed by atoms with van der Waals surface area (Å²) in [6.45, 7) is 3.81. The number of carboxylic acid groups (broad SMARTS) is 1. The van der Waals surface area contributed by atoms with Gasteiger partial charge in [0.1, 0.15) is 5.82 Å². The maximum Gasteiger partial charge on any atom is 0.356 e. The number of rotatable bonds is 2. The molecule has 0 aromatic carbocycles. The van der Waals surface area contributed by atoms with Crippen molar-refractivity contribution in [3.05, 3.63) is 29.7 Å². The number of nitrogens with zero attached hydrogens (tertiary/aromatic N) is 3. The number of carboxylic acids is 1. The largest absolute Gasteiger partial charge is 0.476 e. The molecule has 0 aliphatic carbocycles. The van der Waals surface area contributed by atoms with Gasteiger partial charge in [-0.05, 0) is 13.3 Å². The molecule has 0 bridgehead atoms. The highest BCUT2D eigenvalue weighted by Crippen LogP contribution is 2.16. The van der Waals surface area contributed by atoms with E-state index in [2.05, 4.69) is 27.9 Å². The third-order valence-corrected chi connectivity index (χ3v) is 2.51. The number of hydrogen-bond donors (Lipinski definition) is 1. The molecule has 1 aromatic heterocycles. The lowest BCUT2D eigenvalue weighted by Crippen LogP contribution is -2.30. The van der Waals surface area contributed by atoms with E-state index in [9.17, 15) is 4.79 Å². The van der Waals surface area contributed by atoms with Crippen molar-refractivity contribution in [2.24, 2.45) is 0 Å². The van der Waals surface area contributed by atoms with E-state index in [0.717, 1.165) is 25.3 Å². The Kier molecular flexibility index (Phi) is 2.85. The first-order valence-electron chi connectivity index (χ1n) is 5.13. The summed E-state index contributed by atoms with van der Waals surface area (Å²) in [4.78, 5) is 20.7. The van der Waals surface area contributed by atoms with Crippen molar-refractivity contribution in [1.29, 1.82) is 0 Å². The Hall–Kier alpha value is -1.91. The molecule has 0 atom stereocenters. The van der Waals surface area contributed by atoms with Crippen molar-refractivity contribution in [2.75, 3.05) is 18.0 Å². The maximum atomic E-state index is 10.6. The average molecular weight is 219 g/mol. The molecule has 84 valence electrons. The minimum atomic E-state index is -1.05. The first-order chi connectivity index (χ1) is 7.66. The van der Waals surface area contributed by atoms with Crippen molar-refractivity contribution in [3.8, 4) is 0 Å². The molecule has 1 N–H and O–H groups in total. The first kappa shape index (κ1) is 10.6. The predicted molar refractivity (Wildman–Crippen MR) is 59.6 cm³/mol. The van der Waals surface area contributed by atoms with E-state index in [4.69, 9.17) is 5.11 Å². The molecular weight excluding hydrogens is 206 g/mol. The van der Waals surface area contributed by atoms with Crippen LogP contribution in [0.2, 0.25) is 0 Å². The van der Waals surface area contributed by atoms with Crippen LogP contribution in [0.15, 0.2) is 24.0 Å². The van der Waals surface area contributed by atoms with Crippen LogP contribution < -0.4 is 4.90 Å². The Morgan fingerprint density at radius 1 is 1.44 bits per heavy atom. The van der Waals surface area contributed by atoms with E-state index in [1.807, 2.05) is 0 Å². The minimum Gasteiger partial charge on any atom is -0.476 e. The smallest absolute Gasteiger partial charge is 0.356 e. The van der Waals surface area contributed by atoms with Crippen LogP contribution in [-0.2, 0) is 0 Å². The second-order valence-electron chi connectivity index (χ2n) is 3.83. The fourth-order valence-electron chi connectivity index (χ4n) is 1.70. The number of anilines is 1. The zero-order chi connectivity index (χ0) is 11.5. The SMILES string of the molecule is CC1=CCCN(c2cnc(C(=O)O)cn2)C1. The highest BCUT2D eigenvalue weighted by atomic mass is 16.4. The van der Waals surface area contributed by atoms with Gasteiger partial charge in [-0.2, -0.15) is 0 Å². The lowest BCUT2D eigenvalue weighted by molar-refractivity contribution is 0.0690. The fraction of sp³-hybridized carbons (Fsp3) is 0.364. The second-order valence-corrected chi connectivity index (χ2v) is 3.83. The van der Waals surface area contributed by atoms with Crippen LogP contribution in [0.4, 0.5) is 5.82 Å². The zero-order valence-corrected chi connectivity index (χ0v) is 9.05. The van der Waals surface area contributed by atoms with Gasteiger partial charge in [-0.1, -0.05) is 11.6 Å². The van der Waals surface area contributed by atoms with Crippen LogP contribution in [0.3, 0.4) is 0 Å². The first-order valence-corrected chi connectivity index (χ1v) is 5.13. The van der Waals surface area contributed by atoms with Crippen molar-refractivity contribution < 1.29 is 9.90 Å². The maximum absolute atomic E-state index is 10.6. The summed E-state index contributed by atoms with van der Waals surface area (Å²) in [5.74, 6) is -0.314. The summed E-state index contributed by atoms with van der Waals surface area (Å²) >= 11 is 0. The number of carbonyl (C=O) groups is 1. The highest BCUT2D eigenvalue weighted by Gasteiger charge is 2.13. The van der Waals surface area contributed by atoms with E-state index >= 15 is 0 Å². The van der Waals surface area contributed by atoms with Gasteiger partial charge in [-0.25, -0.2) is 14.8 Å². The summed E-state index contributed by atoms with van der Waals surface area (Å²) in [6.07, 6.45) is 6.01. The van der Waals surface area contributed by atoms with E-state index in [1.165, 1.54) is 18.0 Å². The molecule has 16 heavy (non-hydrogen) atoms. The van der Waals surface area contributed by atoms with Crippen molar-refractivity contribution in [3.63, 3.8) is 0 Å². The molecule has 0 unspecified atom stereocenters. The molecule has 0 saturated carbocycles. The molecule has 0 spiro atoms. The molecule has 1 aliphatic rings. The van der Waals surface area contributed by atoms with Gasteiger partial charge in [-0.3, -0.25) is 0 Å². The van der Waals surface area contributed by atoms with Gasteiger partial charge in [0.2, 0.25) is 0 Å². The third-order valence-electron chi connectivity index (χ3n) is 2.51. The van der Waals surface area contributed by atoms with Gasteiger partial charge in [0, 0.05) is 13.1 Å². The van der Waals surface area contributed by atoms with E-state index in [-0.39, 0.29) is 5.69 Å². The minimum absolute atomic E-state index is 0.0203. The van der Waals surface area contributed by atoms with Gasteiger partial charge in [-0.15, -0.1) is 0 Å². The standard InChI is InChI=1S/C11H13N3O2/c1-8-3-2-4-14(7-8)10-6-12-9(5-13-10)11(15)16/h3,5-6H,2,4,7H2,1H3,(H,15,16). The molecular formula is C11H13N3O2. The average Bonchev–Trinajstić information content (AvgIpc) is 2.29. The fourth-order valence-corrected chi connectivity index (χ4v) is 1.70. The monoisotopic (exact) mass is 219 g/mol. The van der Waals surface area contributed by atoms with Gasteiger partial charge >= 0.3 is 5.97 Å². The molecule has 2 heterocycles. The summed E-state index contributed by atoms with van der Waals surface area (Å²) < 4.78 is 0. The predicted octanol–water partition coefficient (Wildman–Crippen LogP) is 1.33. The zero-order valence-electron chi connectivity index (χ0n) is 9.05. The van der Waals surface area contributed by atoms with Crippen molar-refractivity contribution in [2.45, 2.75) is 13.3 Å². The number of aromatic nitrogens is 2. The molecule has 5 nitrogen and oxygen atoms in total. The molecule has 0 saturated heterocycles. The summed E-state index contributed by atoms with van der Waals surface area (Å²) in [6, 6.07) is 0. The second kappa shape index (κ2) is 4.30. The van der Waals surface area contributed by atoms with Crippen LogP contribution in [-0.4, -0.2) is 34.1 Å². The Balaban J connectivity index is 2.16. The van der Waals surface area contributed by atoms with Crippen LogP contribution in [0.25, 0.3) is 0 Å². The molecule has 0 fully saturated rings. The van der Waals surface area contributed by atoms with Crippen molar-refractivity contribution >= 4 is 11.8 Å². The van der Waals surface area contributed by atoms with Gasteiger partial charge in [0.25, 0.3) is 0 Å². The number of hydrogen-bond acceptors (Lipinski definition) is 4. The van der Waals surface area contributed by atoms with Crippen LogP contribution >= 0.6 is 0 Å². The lowest BCUT2D eigenvalue weighted by atomic mass is 10.1. The Morgan fingerprint density at radius 2 is 2.25 bits per heavy atom. The lowest BCUT2D eigenvalue weighted by Gasteiger charge is -2.26. The molecule has 1 aromatic rings. The summed E-state index contributed by atoms with van der Waals surface area (Å²) in [5, 5.41) is 8.70. The molecule has 0 amide bonds. The van der Waals surface area contributed by atoms with E-state index in [0.29, 0.717) is 0 Å². The van der Waals surface area contributed by atoms with Gasteiger partial charge in [0.05, 0.1) is 12.4 Å². The van der Waals surface area contributed by atoms with Crippen molar-refractivity contribution in [1.82, 2.24) is 9.97 Å². The quantitative estimate of drug-likeness (QED) is 0.760. The molecule has 5 heteroatoms. The Labute approximate surface area is 93.4 Å². The topological polar surface area (TPSA) is 66.3 Å². The van der Waals surface area contributed by atoms with Gasteiger partial charge < -0.3 is 10.0 Å². The van der Waals surface area contributed by atoms with Crippen LogP contribution in [0.1, 0.15) is 23.8 Å².